The SMILES string of the molecule is O=C1CN=C(c2ccccc2F)c2cc(Cl)ccc2N1CC(F)(F)[18F]. The third-order valence-electron chi connectivity index (χ3n) is 3.64. The van der Waals surface area contributed by atoms with Crippen molar-refractivity contribution in [2.24, 2.45) is 4.99 Å². The summed E-state index contributed by atoms with van der Waals surface area (Å²) in [7, 11) is 0. The van der Waals surface area contributed by atoms with Crippen LogP contribution in [0.3, 0.4) is 0 Å². The predicted octanol–water partition coefficient (Wildman–Crippen LogP) is 4.23. The number of alkyl halides is 3. The minimum Gasteiger partial charge on any atom is -0.301 e. The third kappa shape index (κ3) is 3.66. The average molecular weight is 370 g/mol. The van der Waals surface area contributed by atoms with Crippen molar-refractivity contribution in [2.75, 3.05) is 18.0 Å². The summed E-state index contributed by atoms with van der Waals surface area (Å²) in [4.78, 5) is 16.9. The Morgan fingerprint density at radius 3 is 2.52 bits per heavy atom. The van der Waals surface area contributed by atoms with Crippen molar-refractivity contribution >= 4 is 28.9 Å². The van der Waals surface area contributed by atoms with Crippen molar-refractivity contribution < 1.29 is 22.4 Å². The number of carbonyl (C=O) groups excluding carboxylic acids is 1. The molecule has 130 valence electrons. The van der Waals surface area contributed by atoms with Crippen molar-refractivity contribution in [3.8, 4) is 0 Å². The van der Waals surface area contributed by atoms with Crippen LogP contribution in [0.1, 0.15) is 11.1 Å². The fraction of sp³-hybridized carbons (Fsp3) is 0.176. The van der Waals surface area contributed by atoms with Gasteiger partial charge in [-0.2, -0.15) is 13.2 Å². The van der Waals surface area contributed by atoms with Crippen LogP contribution in [0.5, 0.6) is 0 Å². The first-order valence-electron chi connectivity index (χ1n) is 7.22. The number of hydrogen-bond donors (Lipinski definition) is 0. The maximum atomic E-state index is 14.2. The van der Waals surface area contributed by atoms with Gasteiger partial charge >= 0.3 is 6.18 Å². The molecule has 2 aromatic rings. The first kappa shape index (κ1) is 17.4. The highest BCUT2D eigenvalue weighted by Gasteiger charge is 2.36. The maximum Gasteiger partial charge on any atom is 0.406 e. The molecule has 1 amide bonds. The fourth-order valence-electron chi connectivity index (χ4n) is 2.62. The largest absolute Gasteiger partial charge is 0.406 e. The van der Waals surface area contributed by atoms with E-state index in [0.717, 1.165) is 0 Å². The van der Waals surface area contributed by atoms with Crippen molar-refractivity contribution in [3.05, 3.63) is 64.4 Å². The van der Waals surface area contributed by atoms with E-state index in [0.29, 0.717) is 4.90 Å². The van der Waals surface area contributed by atoms with Gasteiger partial charge in [0, 0.05) is 16.1 Å². The Hall–Kier alpha value is -2.41. The molecule has 0 saturated carbocycles. The molecule has 0 aliphatic carbocycles. The van der Waals surface area contributed by atoms with Crippen LogP contribution >= 0.6 is 11.6 Å². The molecule has 0 bridgehead atoms. The molecule has 1 heterocycles. The Morgan fingerprint density at radius 1 is 1.12 bits per heavy atom. The van der Waals surface area contributed by atoms with Crippen LogP contribution in [-0.2, 0) is 4.79 Å². The van der Waals surface area contributed by atoms with Gasteiger partial charge in [-0.25, -0.2) is 4.39 Å². The van der Waals surface area contributed by atoms with E-state index in [9.17, 15) is 22.4 Å². The predicted molar refractivity (Wildman–Crippen MR) is 86.8 cm³/mol. The molecule has 3 nitrogen and oxygen atoms in total. The van der Waals surface area contributed by atoms with Crippen molar-refractivity contribution in [3.63, 3.8) is 0 Å². The smallest absolute Gasteiger partial charge is 0.301 e. The van der Waals surface area contributed by atoms with Crippen LogP contribution in [0.4, 0.5) is 23.2 Å². The number of hydrogen-bond acceptors (Lipinski definition) is 2. The van der Waals surface area contributed by atoms with Gasteiger partial charge in [-0.1, -0.05) is 23.7 Å². The fourth-order valence-corrected chi connectivity index (χ4v) is 2.79. The van der Waals surface area contributed by atoms with Gasteiger partial charge in [0.1, 0.15) is 18.9 Å². The Labute approximate surface area is 145 Å². The minimum atomic E-state index is -4.59. The number of amides is 1. The average Bonchev–Trinajstić information content (AvgIpc) is 2.65. The molecule has 0 aromatic heterocycles. The molecular weight excluding hydrogens is 359 g/mol. The summed E-state index contributed by atoms with van der Waals surface area (Å²) in [6.45, 7) is -1.98. The lowest BCUT2D eigenvalue weighted by atomic mass is 9.99. The van der Waals surface area contributed by atoms with Crippen LogP contribution in [0, 0.1) is 5.82 Å². The Morgan fingerprint density at radius 2 is 1.84 bits per heavy atom. The molecule has 0 unspecified atom stereocenters. The molecular formula is C17H11ClF4N2O. The number of aliphatic imine (C=N–C) groups is 1. The quantitative estimate of drug-likeness (QED) is 0.729. The minimum absolute atomic E-state index is 0.00812. The highest BCUT2D eigenvalue weighted by Crippen LogP contribution is 2.32. The van der Waals surface area contributed by atoms with Gasteiger partial charge in [0.05, 0.1) is 11.4 Å². The van der Waals surface area contributed by atoms with Crippen molar-refractivity contribution in [1.82, 2.24) is 0 Å². The number of anilines is 1. The van der Waals surface area contributed by atoms with Crippen LogP contribution in [-0.4, -0.2) is 30.9 Å². The van der Waals surface area contributed by atoms with Gasteiger partial charge in [0.25, 0.3) is 0 Å². The van der Waals surface area contributed by atoms with Crippen LogP contribution in [0.2, 0.25) is 5.02 Å². The van der Waals surface area contributed by atoms with Gasteiger partial charge in [-0.3, -0.25) is 9.79 Å². The lowest BCUT2D eigenvalue weighted by molar-refractivity contribution is -0.131. The number of benzene rings is 2. The number of rotatable bonds is 2. The first-order chi connectivity index (χ1) is 11.8. The van der Waals surface area contributed by atoms with E-state index < -0.39 is 31.0 Å². The van der Waals surface area contributed by atoms with Gasteiger partial charge in [0.2, 0.25) is 5.91 Å². The molecule has 8 heteroatoms. The summed E-state index contributed by atoms with van der Waals surface area (Å²) in [5.41, 5.74) is 0.347. The molecule has 1 aliphatic rings. The number of nitrogens with zero attached hydrogens (tertiary/aromatic N) is 2. The zero-order valence-corrected chi connectivity index (χ0v) is 13.4. The topological polar surface area (TPSA) is 32.7 Å². The summed E-state index contributed by atoms with van der Waals surface area (Å²) >= 11 is 5.97. The van der Waals surface area contributed by atoms with E-state index in [-0.39, 0.29) is 27.5 Å². The number of benzodiazepines with no additional fused rings is 1. The summed E-state index contributed by atoms with van der Waals surface area (Å²) in [5, 5.41) is 0.240. The lowest BCUT2D eigenvalue weighted by Crippen LogP contribution is -2.40. The van der Waals surface area contributed by atoms with E-state index in [1.54, 1.807) is 6.07 Å². The molecule has 0 N–H and O–H groups in total. The molecule has 0 spiro atoms. The maximum absolute atomic E-state index is 14.2. The van der Waals surface area contributed by atoms with Crippen molar-refractivity contribution in [1.29, 1.82) is 0 Å². The van der Waals surface area contributed by atoms with E-state index in [2.05, 4.69) is 4.99 Å². The van der Waals surface area contributed by atoms with Crippen molar-refractivity contribution in [2.45, 2.75) is 6.18 Å². The third-order valence-corrected chi connectivity index (χ3v) is 3.88. The van der Waals surface area contributed by atoms with E-state index in [1.165, 1.54) is 36.4 Å². The molecule has 25 heavy (non-hydrogen) atoms. The Kier molecular flexibility index (Phi) is 4.51. The molecule has 1 aliphatic heterocycles. The summed E-state index contributed by atoms with van der Waals surface area (Å²) in [6, 6.07) is 9.78. The normalized spacial score (nSPS) is 14.8. The lowest BCUT2D eigenvalue weighted by Gasteiger charge is -2.24. The van der Waals surface area contributed by atoms with Gasteiger partial charge < -0.3 is 4.90 Å². The van der Waals surface area contributed by atoms with E-state index in [4.69, 9.17) is 11.6 Å². The summed E-state index contributed by atoms with van der Waals surface area (Å²) < 4.78 is 52.8. The van der Waals surface area contributed by atoms with Gasteiger partial charge in [0.15, 0.2) is 0 Å². The standard InChI is InChI=1S/C17H11ClF4N2O/c18-10-5-6-14-12(7-10)16(11-3-1-2-4-13(11)19)23-8-15(25)24(14)9-17(20,21)22/h1-7H,8-9H2/i20-1. The highest BCUT2D eigenvalue weighted by molar-refractivity contribution is 6.32. The van der Waals surface area contributed by atoms with Gasteiger partial charge in [-0.05, 0) is 30.3 Å². The second kappa shape index (κ2) is 6.48. The second-order valence-electron chi connectivity index (χ2n) is 5.40. The number of carbonyl (C=O) groups is 1. The van der Waals surface area contributed by atoms with Crippen LogP contribution in [0.15, 0.2) is 47.5 Å². The van der Waals surface area contributed by atoms with Crippen LogP contribution in [0.25, 0.3) is 0 Å². The van der Waals surface area contributed by atoms with E-state index >= 15 is 0 Å². The molecule has 2 aromatic carbocycles. The molecule has 0 radical (unpaired) electrons. The Balaban J connectivity index is 2.19. The first-order valence-corrected chi connectivity index (χ1v) is 7.60. The summed E-state index contributed by atoms with van der Waals surface area (Å²) in [5.74, 6) is -1.42. The molecule has 0 fully saturated rings. The Bertz CT molecular complexity index is 864. The number of fused-ring (bicyclic) bond motifs is 1. The second-order valence-corrected chi connectivity index (χ2v) is 5.84. The monoisotopic (exact) mass is 369 g/mol. The van der Waals surface area contributed by atoms with E-state index in [1.807, 2.05) is 0 Å². The number of halogens is 5. The highest BCUT2D eigenvalue weighted by atomic mass is 35.5. The zero-order valence-electron chi connectivity index (χ0n) is 12.6. The zero-order chi connectivity index (χ0) is 18.2. The molecule has 0 saturated heterocycles. The van der Waals surface area contributed by atoms with Gasteiger partial charge in [-0.15, -0.1) is 0 Å². The molecule has 0 atom stereocenters. The summed E-state index contributed by atoms with van der Waals surface area (Å²) in [6.07, 6.45) is -4.59. The molecule has 3 rings (SSSR count). The van der Waals surface area contributed by atoms with Crippen LogP contribution < -0.4 is 4.90 Å².